The predicted octanol–water partition coefficient (Wildman–Crippen LogP) is 3.81. The van der Waals surface area contributed by atoms with Crippen molar-refractivity contribution in [1.29, 1.82) is 0 Å². The van der Waals surface area contributed by atoms with Crippen molar-refractivity contribution in [2.24, 2.45) is 4.99 Å². The number of nitrogens with zero attached hydrogens (tertiary/aromatic N) is 7. The van der Waals surface area contributed by atoms with Crippen LogP contribution in [0.2, 0.25) is 0 Å². The van der Waals surface area contributed by atoms with E-state index in [0.717, 1.165) is 30.9 Å². The van der Waals surface area contributed by atoms with Gasteiger partial charge in [-0.25, -0.2) is 19.8 Å². The van der Waals surface area contributed by atoms with Gasteiger partial charge < -0.3 is 14.5 Å². The smallest absolute Gasteiger partial charge is 0.435 e. The molecule has 166 valence electrons. The van der Waals surface area contributed by atoms with Crippen molar-refractivity contribution in [1.82, 2.24) is 24.6 Å². The second-order valence-corrected chi connectivity index (χ2v) is 8.90. The molecule has 0 amide bonds. The molecule has 3 rings (SSSR count). The molecule has 31 heavy (non-hydrogen) atoms. The number of aromatic nitrogens is 4. The average Bonchev–Trinajstić information content (AvgIpc) is 3.05. The van der Waals surface area contributed by atoms with Gasteiger partial charge in [-0.2, -0.15) is 9.78 Å². The second-order valence-electron chi connectivity index (χ2n) is 8.35. The van der Waals surface area contributed by atoms with E-state index in [1.54, 1.807) is 40.1 Å². The minimum atomic E-state index is -0.680. The van der Waals surface area contributed by atoms with Gasteiger partial charge in [0.1, 0.15) is 22.2 Å². The van der Waals surface area contributed by atoms with Gasteiger partial charge in [0.15, 0.2) is 0 Å². The topological polar surface area (TPSA) is 88.7 Å². The Morgan fingerprint density at radius 3 is 2.35 bits per heavy atom. The van der Waals surface area contributed by atoms with Crippen LogP contribution in [0.3, 0.4) is 0 Å². The number of carbonyl (C=O) groups excluding carboxylic acids is 1. The number of halogens is 1. The first-order valence-electron chi connectivity index (χ1n) is 10.0. The zero-order valence-electron chi connectivity index (χ0n) is 18.6. The molecule has 0 N–H and O–H groups in total. The molecule has 1 aliphatic rings. The lowest BCUT2D eigenvalue weighted by Gasteiger charge is -2.32. The van der Waals surface area contributed by atoms with Gasteiger partial charge in [0, 0.05) is 44.1 Å². The Morgan fingerprint density at radius 2 is 1.84 bits per heavy atom. The van der Waals surface area contributed by atoms with E-state index in [9.17, 15) is 4.79 Å². The Balaban J connectivity index is 2.00. The van der Waals surface area contributed by atoms with Crippen LogP contribution in [0.25, 0.3) is 17.3 Å². The molecule has 0 atom stereocenters. The van der Waals surface area contributed by atoms with Crippen molar-refractivity contribution in [3.63, 3.8) is 0 Å². The third-order valence-corrected chi connectivity index (χ3v) is 4.70. The monoisotopic (exact) mass is 445 g/mol. The van der Waals surface area contributed by atoms with Gasteiger partial charge in [-0.1, -0.05) is 18.2 Å². The van der Waals surface area contributed by atoms with E-state index in [4.69, 9.17) is 16.3 Å². The van der Waals surface area contributed by atoms with E-state index in [2.05, 4.69) is 43.5 Å². The molecule has 3 heterocycles. The number of carbonyl (C=O) groups is 1. The Bertz CT molecular complexity index is 980. The van der Waals surface area contributed by atoms with Crippen molar-refractivity contribution in [2.75, 3.05) is 38.1 Å². The van der Waals surface area contributed by atoms with Gasteiger partial charge >= 0.3 is 6.09 Å². The van der Waals surface area contributed by atoms with Gasteiger partial charge in [-0.05, 0) is 40.8 Å². The van der Waals surface area contributed by atoms with Crippen LogP contribution in [-0.2, 0) is 4.74 Å². The zero-order valence-corrected chi connectivity index (χ0v) is 19.3. The van der Waals surface area contributed by atoms with E-state index >= 15 is 0 Å². The summed E-state index contributed by atoms with van der Waals surface area (Å²) in [5, 5.41) is 4.74. The standard InChI is InChI=1S/C21H28ClN7O2/c1-7-16-18(25-14(2)22)17(26-29(16)20(30)31-21(3,4)5)15-12-23-19(24-13-15)28-10-8-27(6)9-11-28/h7,12-13H,1,8-11H2,2-6H3. The lowest BCUT2D eigenvalue weighted by molar-refractivity contribution is 0.0514. The van der Waals surface area contributed by atoms with Gasteiger partial charge in [0.2, 0.25) is 5.95 Å². The van der Waals surface area contributed by atoms with Crippen LogP contribution in [0, 0.1) is 0 Å². The highest BCUT2D eigenvalue weighted by atomic mass is 35.5. The highest BCUT2D eigenvalue weighted by Gasteiger charge is 2.26. The molecule has 2 aromatic rings. The average molecular weight is 446 g/mol. The number of rotatable bonds is 4. The summed E-state index contributed by atoms with van der Waals surface area (Å²) in [6.45, 7) is 14.5. The predicted molar refractivity (Wildman–Crippen MR) is 123 cm³/mol. The van der Waals surface area contributed by atoms with Crippen molar-refractivity contribution in [3.8, 4) is 11.3 Å². The van der Waals surface area contributed by atoms with E-state index in [-0.39, 0.29) is 0 Å². The highest BCUT2D eigenvalue weighted by Crippen LogP contribution is 2.34. The van der Waals surface area contributed by atoms with Gasteiger partial charge in [-0.3, -0.25) is 0 Å². The third-order valence-electron chi connectivity index (χ3n) is 4.62. The van der Waals surface area contributed by atoms with Gasteiger partial charge in [0.05, 0.1) is 5.69 Å². The number of anilines is 1. The van der Waals surface area contributed by atoms with Crippen molar-refractivity contribution >= 4 is 40.6 Å². The summed E-state index contributed by atoms with van der Waals surface area (Å²) in [6.07, 6.45) is 4.22. The molecule has 1 fully saturated rings. The lowest BCUT2D eigenvalue weighted by atomic mass is 10.2. The summed E-state index contributed by atoms with van der Waals surface area (Å²) in [7, 11) is 2.10. The summed E-state index contributed by atoms with van der Waals surface area (Å²) >= 11 is 6.06. The molecule has 0 unspecified atom stereocenters. The Kier molecular flexibility index (Phi) is 6.76. The number of ether oxygens (including phenoxy) is 1. The van der Waals surface area contributed by atoms with Crippen LogP contribution in [0.1, 0.15) is 33.4 Å². The molecule has 1 saturated heterocycles. The van der Waals surface area contributed by atoms with Crippen LogP contribution in [0.5, 0.6) is 0 Å². The van der Waals surface area contributed by atoms with E-state index < -0.39 is 11.7 Å². The fourth-order valence-corrected chi connectivity index (χ4v) is 3.21. The number of hydrogen-bond donors (Lipinski definition) is 0. The molecule has 0 bridgehead atoms. The maximum atomic E-state index is 12.7. The number of hydrogen-bond acceptors (Lipinski definition) is 8. The molecule has 10 heteroatoms. The molecular formula is C21H28ClN7O2. The second kappa shape index (κ2) is 9.15. The van der Waals surface area contributed by atoms with E-state index in [0.29, 0.717) is 33.8 Å². The van der Waals surface area contributed by atoms with Crippen LogP contribution in [-0.4, -0.2) is 74.7 Å². The summed E-state index contributed by atoms with van der Waals surface area (Å²) in [5.41, 5.74) is 1.14. The third kappa shape index (κ3) is 5.48. The number of aliphatic imine (C=N–C) groups is 1. The van der Waals surface area contributed by atoms with Crippen molar-refractivity contribution in [2.45, 2.75) is 33.3 Å². The first-order chi connectivity index (χ1) is 14.6. The quantitative estimate of drug-likeness (QED) is 0.661. The SMILES string of the molecule is C=Cc1c(N=C(C)Cl)c(-c2cnc(N3CCN(C)CC3)nc2)nn1C(=O)OC(C)(C)C. The molecule has 2 aromatic heterocycles. The number of piperazine rings is 1. The van der Waals surface area contributed by atoms with E-state index in [1.807, 2.05) is 0 Å². The summed E-state index contributed by atoms with van der Waals surface area (Å²) in [6, 6.07) is 0. The van der Waals surface area contributed by atoms with E-state index in [1.165, 1.54) is 6.08 Å². The Labute approximate surface area is 187 Å². The maximum Gasteiger partial charge on any atom is 0.435 e. The molecule has 0 saturated carbocycles. The summed E-state index contributed by atoms with van der Waals surface area (Å²) in [5.74, 6) is 0.658. The van der Waals surface area contributed by atoms with Crippen LogP contribution >= 0.6 is 11.6 Å². The molecular weight excluding hydrogens is 418 g/mol. The summed E-state index contributed by atoms with van der Waals surface area (Å²) < 4.78 is 6.61. The molecule has 0 spiro atoms. The van der Waals surface area contributed by atoms with Gasteiger partial charge in [0.25, 0.3) is 0 Å². The van der Waals surface area contributed by atoms with Crippen molar-refractivity contribution in [3.05, 3.63) is 24.7 Å². The molecule has 0 aliphatic carbocycles. The minimum absolute atomic E-state index is 0.295. The van der Waals surface area contributed by atoms with Crippen LogP contribution in [0.15, 0.2) is 24.0 Å². The summed E-state index contributed by atoms with van der Waals surface area (Å²) in [4.78, 5) is 30.5. The fourth-order valence-electron chi connectivity index (χ4n) is 3.12. The fraction of sp³-hybridized carbons (Fsp3) is 0.476. The van der Waals surface area contributed by atoms with Crippen molar-refractivity contribution < 1.29 is 9.53 Å². The molecule has 9 nitrogen and oxygen atoms in total. The number of likely N-dealkylation sites (N-methyl/N-ethyl adjacent to an activating group) is 1. The lowest BCUT2D eigenvalue weighted by Crippen LogP contribution is -2.45. The molecule has 1 aliphatic heterocycles. The van der Waals surface area contributed by atoms with Gasteiger partial charge in [-0.15, -0.1) is 0 Å². The maximum absolute atomic E-state index is 12.7. The Morgan fingerprint density at radius 1 is 1.23 bits per heavy atom. The highest BCUT2D eigenvalue weighted by molar-refractivity contribution is 6.65. The first-order valence-corrected chi connectivity index (χ1v) is 10.4. The zero-order chi connectivity index (χ0) is 22.8. The molecule has 0 aromatic carbocycles. The first kappa shape index (κ1) is 22.9. The molecule has 0 radical (unpaired) electrons. The Hall–Kier alpha value is -2.78. The van der Waals surface area contributed by atoms with Crippen LogP contribution in [0.4, 0.5) is 16.4 Å². The largest absolute Gasteiger partial charge is 0.442 e. The normalized spacial score (nSPS) is 15.8. The minimum Gasteiger partial charge on any atom is -0.442 e. The van der Waals surface area contributed by atoms with Crippen LogP contribution < -0.4 is 4.90 Å².